The average molecular weight is 846 g/mol. The van der Waals surface area contributed by atoms with Gasteiger partial charge in [0.25, 0.3) is 0 Å². The first-order chi connectivity index (χ1) is 28.3. The average Bonchev–Trinajstić information content (AvgIpc) is 3.21. The van der Waals surface area contributed by atoms with Gasteiger partial charge in [-0.05, 0) is 12.8 Å². The molecular weight excluding hydrogens is 750 g/mol. The SMILES string of the molecule is CCCCCCCCCCCCCCCCCCCCCC(=O)OCC(COP(=O)(O)OCCN)OC(=O)CCCCCCCCCCCCCCCCCCCC. The van der Waals surface area contributed by atoms with E-state index in [0.29, 0.717) is 6.42 Å². The molecule has 0 aliphatic heterocycles. The summed E-state index contributed by atoms with van der Waals surface area (Å²) in [5.74, 6) is -0.807. The fourth-order valence-corrected chi connectivity index (χ4v) is 8.29. The molecule has 0 aliphatic rings. The molecule has 0 fully saturated rings. The number of hydrogen-bond acceptors (Lipinski definition) is 8. The van der Waals surface area contributed by atoms with Gasteiger partial charge in [-0.3, -0.25) is 18.6 Å². The van der Waals surface area contributed by atoms with Gasteiger partial charge >= 0.3 is 19.8 Å². The zero-order chi connectivity index (χ0) is 42.5. The van der Waals surface area contributed by atoms with Crippen LogP contribution in [0.4, 0.5) is 0 Å². The van der Waals surface area contributed by atoms with Gasteiger partial charge in [-0.1, -0.05) is 239 Å². The minimum atomic E-state index is -4.37. The molecule has 0 amide bonds. The molecule has 2 unspecified atom stereocenters. The third-order valence-corrected chi connectivity index (χ3v) is 12.2. The quantitative estimate of drug-likeness (QED) is 0.0349. The zero-order valence-corrected chi connectivity index (χ0v) is 39.2. The van der Waals surface area contributed by atoms with Crippen molar-refractivity contribution in [1.29, 1.82) is 0 Å². The lowest BCUT2D eigenvalue weighted by atomic mass is 10.0. The molecule has 0 aromatic carbocycles. The third-order valence-electron chi connectivity index (χ3n) is 11.2. The number of ether oxygens (including phenoxy) is 2. The second-order valence-corrected chi connectivity index (χ2v) is 18.5. The van der Waals surface area contributed by atoms with Gasteiger partial charge in [0, 0.05) is 19.4 Å². The van der Waals surface area contributed by atoms with E-state index in [1.54, 1.807) is 0 Å². The number of esters is 2. The molecule has 0 rings (SSSR count). The maximum absolute atomic E-state index is 12.6. The summed E-state index contributed by atoms with van der Waals surface area (Å²) in [5, 5.41) is 0. The van der Waals surface area contributed by atoms with Crippen LogP contribution in [0.25, 0.3) is 0 Å². The first kappa shape index (κ1) is 57.0. The van der Waals surface area contributed by atoms with Crippen LogP contribution in [0.1, 0.15) is 264 Å². The number of nitrogens with two attached hydrogens (primary N) is 1. The number of hydrogen-bond donors (Lipinski definition) is 2. The van der Waals surface area contributed by atoms with E-state index in [-0.39, 0.29) is 38.6 Å². The van der Waals surface area contributed by atoms with Crippen LogP contribution in [0.3, 0.4) is 0 Å². The Balaban J connectivity index is 4.00. The standard InChI is InChI=1S/C48H96NO8P/c1-3-5-7-9-11-13-15-17-19-21-23-25-26-28-30-32-34-36-38-40-47(50)54-44-46(45-56-58(52,53)55-43-42-49)57-48(51)41-39-37-35-33-31-29-27-24-22-20-18-16-14-12-10-8-6-4-2/h46H,3-45,49H2,1-2H3,(H,52,53). The maximum atomic E-state index is 12.6. The Bertz CT molecular complexity index is 922. The summed E-state index contributed by atoms with van der Waals surface area (Å²) < 4.78 is 32.9. The molecular formula is C48H96NO8P. The highest BCUT2D eigenvalue weighted by molar-refractivity contribution is 7.47. The maximum Gasteiger partial charge on any atom is 0.472 e. The van der Waals surface area contributed by atoms with Crippen LogP contribution in [-0.2, 0) is 32.7 Å². The van der Waals surface area contributed by atoms with E-state index < -0.39 is 26.5 Å². The van der Waals surface area contributed by atoms with Crippen molar-refractivity contribution in [3.8, 4) is 0 Å². The minimum Gasteiger partial charge on any atom is -0.462 e. The Hall–Kier alpha value is -0.990. The van der Waals surface area contributed by atoms with Crippen LogP contribution in [0, 0.1) is 0 Å². The van der Waals surface area contributed by atoms with Crippen molar-refractivity contribution in [1.82, 2.24) is 0 Å². The Morgan fingerprint density at radius 1 is 0.448 bits per heavy atom. The zero-order valence-electron chi connectivity index (χ0n) is 38.3. The molecule has 3 N–H and O–H groups in total. The highest BCUT2D eigenvalue weighted by Crippen LogP contribution is 2.43. The molecule has 0 aromatic rings. The molecule has 0 spiro atoms. The second-order valence-electron chi connectivity index (χ2n) is 17.1. The lowest BCUT2D eigenvalue weighted by molar-refractivity contribution is -0.161. The van der Waals surface area contributed by atoms with Gasteiger partial charge in [-0.2, -0.15) is 0 Å². The number of rotatable bonds is 48. The second kappa shape index (κ2) is 45.5. The highest BCUT2D eigenvalue weighted by Gasteiger charge is 2.26. The van der Waals surface area contributed by atoms with E-state index in [1.165, 1.54) is 199 Å². The van der Waals surface area contributed by atoms with Crippen molar-refractivity contribution >= 4 is 19.8 Å². The van der Waals surface area contributed by atoms with Crippen LogP contribution in [-0.4, -0.2) is 49.3 Å². The van der Waals surface area contributed by atoms with Crippen molar-refractivity contribution in [2.45, 2.75) is 270 Å². The summed E-state index contributed by atoms with van der Waals surface area (Å²) >= 11 is 0. The monoisotopic (exact) mass is 846 g/mol. The topological polar surface area (TPSA) is 134 Å². The van der Waals surface area contributed by atoms with Gasteiger partial charge in [0.15, 0.2) is 6.10 Å². The number of phosphoric acid groups is 1. The van der Waals surface area contributed by atoms with E-state index >= 15 is 0 Å². The lowest BCUT2D eigenvalue weighted by Crippen LogP contribution is -2.29. The number of phosphoric ester groups is 1. The molecule has 9 nitrogen and oxygen atoms in total. The molecule has 0 saturated heterocycles. The fourth-order valence-electron chi connectivity index (χ4n) is 7.52. The lowest BCUT2D eigenvalue weighted by Gasteiger charge is -2.19. The van der Waals surface area contributed by atoms with Gasteiger partial charge in [-0.15, -0.1) is 0 Å². The summed E-state index contributed by atoms with van der Waals surface area (Å²) in [6.07, 6.45) is 47.1. The van der Waals surface area contributed by atoms with E-state index in [9.17, 15) is 19.0 Å². The summed E-state index contributed by atoms with van der Waals surface area (Å²) in [6, 6.07) is 0. The van der Waals surface area contributed by atoms with Crippen LogP contribution >= 0.6 is 7.82 Å². The molecule has 0 radical (unpaired) electrons. The van der Waals surface area contributed by atoms with Gasteiger partial charge < -0.3 is 20.1 Å². The summed E-state index contributed by atoms with van der Waals surface area (Å²) in [6.45, 7) is 3.80. The summed E-state index contributed by atoms with van der Waals surface area (Å²) in [4.78, 5) is 35.0. The van der Waals surface area contributed by atoms with Gasteiger partial charge in [0.2, 0.25) is 0 Å². The molecule has 0 bridgehead atoms. The predicted molar refractivity (Wildman–Crippen MR) is 243 cm³/mol. The first-order valence-electron chi connectivity index (χ1n) is 25.0. The van der Waals surface area contributed by atoms with Gasteiger partial charge in [0.05, 0.1) is 13.2 Å². The molecule has 2 atom stereocenters. The molecule has 0 heterocycles. The van der Waals surface area contributed by atoms with Crippen LogP contribution in [0.2, 0.25) is 0 Å². The molecule has 10 heteroatoms. The van der Waals surface area contributed by atoms with Crippen molar-refractivity contribution in [2.75, 3.05) is 26.4 Å². The molecule has 0 saturated carbocycles. The largest absolute Gasteiger partial charge is 0.472 e. The number of unbranched alkanes of at least 4 members (excludes halogenated alkanes) is 35. The molecule has 58 heavy (non-hydrogen) atoms. The first-order valence-corrected chi connectivity index (χ1v) is 26.5. The normalized spacial score (nSPS) is 13.1. The fraction of sp³-hybridized carbons (Fsp3) is 0.958. The van der Waals surface area contributed by atoms with Crippen LogP contribution in [0.15, 0.2) is 0 Å². The van der Waals surface area contributed by atoms with Gasteiger partial charge in [-0.25, -0.2) is 4.57 Å². The van der Waals surface area contributed by atoms with E-state index in [4.69, 9.17) is 24.3 Å². The highest BCUT2D eigenvalue weighted by atomic mass is 31.2. The third kappa shape index (κ3) is 44.6. The summed E-state index contributed by atoms with van der Waals surface area (Å²) in [5.41, 5.74) is 5.36. The van der Waals surface area contributed by atoms with Crippen molar-refractivity contribution in [3.05, 3.63) is 0 Å². The smallest absolute Gasteiger partial charge is 0.462 e. The Morgan fingerprint density at radius 2 is 0.741 bits per heavy atom. The van der Waals surface area contributed by atoms with E-state index in [1.807, 2.05) is 0 Å². The van der Waals surface area contributed by atoms with Crippen LogP contribution in [0.5, 0.6) is 0 Å². The predicted octanol–water partition coefficient (Wildman–Crippen LogP) is 14.8. The van der Waals surface area contributed by atoms with Gasteiger partial charge in [0.1, 0.15) is 6.61 Å². The molecule has 346 valence electrons. The Kier molecular flexibility index (Phi) is 44.8. The van der Waals surface area contributed by atoms with Crippen molar-refractivity contribution in [3.63, 3.8) is 0 Å². The van der Waals surface area contributed by atoms with Crippen molar-refractivity contribution in [2.24, 2.45) is 5.73 Å². The molecule has 0 aliphatic carbocycles. The Labute approximate surface area is 358 Å². The number of carbonyl (C=O) groups excluding carboxylic acids is 2. The minimum absolute atomic E-state index is 0.0583. The van der Waals surface area contributed by atoms with Crippen LogP contribution < -0.4 is 5.73 Å². The Morgan fingerprint density at radius 3 is 1.05 bits per heavy atom. The molecule has 0 aromatic heterocycles. The van der Waals surface area contributed by atoms with Crippen molar-refractivity contribution < 1.29 is 37.6 Å². The summed E-state index contributed by atoms with van der Waals surface area (Å²) in [7, 11) is -4.37. The number of carbonyl (C=O) groups is 2. The van der Waals surface area contributed by atoms with E-state index in [2.05, 4.69) is 13.8 Å². The van der Waals surface area contributed by atoms with E-state index in [0.717, 1.165) is 32.1 Å².